The molecule has 0 amide bonds. The first-order chi connectivity index (χ1) is 5.57. The molecule has 5 atom stereocenters. The lowest BCUT2D eigenvalue weighted by atomic mass is 9.98. The average Bonchev–Trinajstić information content (AvgIpc) is 2.08. The minimum Gasteiger partial charge on any atom is -0.388 e. The molecule has 12 heavy (non-hydrogen) atoms. The summed E-state index contributed by atoms with van der Waals surface area (Å²) in [5.74, 6) is 0. The topological polar surface area (TPSA) is 122 Å². The van der Waals surface area contributed by atoms with Gasteiger partial charge in [-0.2, -0.15) is 0 Å². The van der Waals surface area contributed by atoms with Crippen LogP contribution in [0.2, 0.25) is 0 Å². The van der Waals surface area contributed by atoms with Crippen LogP contribution in [0.4, 0.5) is 0 Å². The molecule has 1 rings (SSSR count). The maximum atomic E-state index is 9.28. The standard InChI is InChI=1S/C6H14N2O4/c7-1-2-4(9)5(10)3(8)6(11)12-2/h2-6,9-11H,1,7-8H2/t2-,3+,4+,5+,6+/m0/s1. The van der Waals surface area contributed by atoms with Crippen LogP contribution < -0.4 is 11.5 Å². The second kappa shape index (κ2) is 3.65. The molecule has 6 nitrogen and oxygen atoms in total. The quantitative estimate of drug-likeness (QED) is 0.287. The molecule has 6 heteroatoms. The molecule has 1 saturated heterocycles. The summed E-state index contributed by atoms with van der Waals surface area (Å²) in [5.41, 5.74) is 10.5. The molecule has 0 aromatic rings. The molecule has 1 heterocycles. The summed E-state index contributed by atoms with van der Waals surface area (Å²) in [4.78, 5) is 0. The zero-order chi connectivity index (χ0) is 9.30. The number of hydrogen-bond donors (Lipinski definition) is 5. The first kappa shape index (κ1) is 9.85. The van der Waals surface area contributed by atoms with E-state index in [4.69, 9.17) is 21.3 Å². The first-order valence-corrected chi connectivity index (χ1v) is 3.73. The highest BCUT2D eigenvalue weighted by atomic mass is 16.6. The van der Waals surface area contributed by atoms with Crippen LogP contribution in [0.1, 0.15) is 0 Å². The zero-order valence-electron chi connectivity index (χ0n) is 6.50. The van der Waals surface area contributed by atoms with Gasteiger partial charge < -0.3 is 31.5 Å². The maximum absolute atomic E-state index is 9.28. The molecule has 0 bridgehead atoms. The monoisotopic (exact) mass is 178 g/mol. The van der Waals surface area contributed by atoms with Gasteiger partial charge in [0.1, 0.15) is 18.3 Å². The molecule has 1 aliphatic heterocycles. The summed E-state index contributed by atoms with van der Waals surface area (Å²) in [6.07, 6.45) is -4.34. The SMILES string of the molecule is NC[C@@H]1O[C@@H](O)[C@H](N)[C@@H](O)[C@@H]1O. The highest BCUT2D eigenvalue weighted by Crippen LogP contribution is 2.17. The van der Waals surface area contributed by atoms with Crippen molar-refractivity contribution < 1.29 is 20.1 Å². The largest absolute Gasteiger partial charge is 0.388 e. The predicted octanol–water partition coefficient (Wildman–Crippen LogP) is -3.29. The van der Waals surface area contributed by atoms with Gasteiger partial charge >= 0.3 is 0 Å². The Morgan fingerprint density at radius 1 is 1.17 bits per heavy atom. The molecule has 0 saturated carbocycles. The Hall–Kier alpha value is -0.240. The number of rotatable bonds is 1. The summed E-state index contributed by atoms with van der Waals surface area (Å²) in [6.45, 7) is 0.0298. The van der Waals surface area contributed by atoms with E-state index in [1.165, 1.54) is 0 Å². The highest BCUT2D eigenvalue weighted by molar-refractivity contribution is 4.91. The van der Waals surface area contributed by atoms with Crippen molar-refractivity contribution in [3.05, 3.63) is 0 Å². The molecule has 72 valence electrons. The molecule has 0 unspecified atom stereocenters. The van der Waals surface area contributed by atoms with Crippen molar-refractivity contribution >= 4 is 0 Å². The minimum atomic E-state index is -1.27. The molecule has 0 spiro atoms. The Kier molecular flexibility index (Phi) is 2.99. The average molecular weight is 178 g/mol. The van der Waals surface area contributed by atoms with E-state index in [0.29, 0.717) is 0 Å². The van der Waals surface area contributed by atoms with Gasteiger partial charge in [0.25, 0.3) is 0 Å². The van der Waals surface area contributed by atoms with Crippen LogP contribution in [0, 0.1) is 0 Å². The first-order valence-electron chi connectivity index (χ1n) is 3.73. The molecule has 0 aliphatic carbocycles. The van der Waals surface area contributed by atoms with Crippen molar-refractivity contribution in [2.45, 2.75) is 30.6 Å². The van der Waals surface area contributed by atoms with Gasteiger partial charge in [-0.3, -0.25) is 0 Å². The summed E-state index contributed by atoms with van der Waals surface area (Å²) >= 11 is 0. The lowest BCUT2D eigenvalue weighted by Gasteiger charge is -2.38. The van der Waals surface area contributed by atoms with Crippen LogP contribution in [0.15, 0.2) is 0 Å². The lowest BCUT2D eigenvalue weighted by Crippen LogP contribution is -2.62. The van der Waals surface area contributed by atoms with E-state index in [2.05, 4.69) is 0 Å². The van der Waals surface area contributed by atoms with Gasteiger partial charge in [-0.15, -0.1) is 0 Å². The fourth-order valence-corrected chi connectivity index (χ4v) is 1.16. The van der Waals surface area contributed by atoms with E-state index in [1.54, 1.807) is 0 Å². The van der Waals surface area contributed by atoms with Gasteiger partial charge in [0.15, 0.2) is 6.29 Å². The van der Waals surface area contributed by atoms with Crippen molar-refractivity contribution in [2.24, 2.45) is 11.5 Å². The van der Waals surface area contributed by atoms with Gasteiger partial charge in [0.05, 0.1) is 6.04 Å². The number of nitrogens with two attached hydrogens (primary N) is 2. The van der Waals surface area contributed by atoms with Crippen LogP contribution in [-0.2, 0) is 4.74 Å². The van der Waals surface area contributed by atoms with Gasteiger partial charge in [0.2, 0.25) is 0 Å². The highest BCUT2D eigenvalue weighted by Gasteiger charge is 2.41. The Balaban J connectivity index is 2.63. The molecular weight excluding hydrogens is 164 g/mol. The summed E-state index contributed by atoms with van der Waals surface area (Å²) < 4.78 is 4.83. The second-order valence-electron chi connectivity index (χ2n) is 2.86. The fraction of sp³-hybridized carbons (Fsp3) is 1.00. The van der Waals surface area contributed by atoms with Crippen LogP contribution in [0.5, 0.6) is 0 Å². The van der Waals surface area contributed by atoms with Crippen molar-refractivity contribution in [3.8, 4) is 0 Å². The van der Waals surface area contributed by atoms with E-state index < -0.39 is 30.6 Å². The van der Waals surface area contributed by atoms with E-state index in [9.17, 15) is 10.2 Å². The van der Waals surface area contributed by atoms with Crippen molar-refractivity contribution in [1.29, 1.82) is 0 Å². The fourth-order valence-electron chi connectivity index (χ4n) is 1.16. The Labute approximate surface area is 69.7 Å². The zero-order valence-corrected chi connectivity index (χ0v) is 6.50. The van der Waals surface area contributed by atoms with Gasteiger partial charge in [-0.25, -0.2) is 0 Å². The van der Waals surface area contributed by atoms with Crippen LogP contribution in [0.25, 0.3) is 0 Å². The van der Waals surface area contributed by atoms with E-state index in [1.807, 2.05) is 0 Å². The molecular formula is C6H14N2O4. The third-order valence-corrected chi connectivity index (χ3v) is 2.00. The Morgan fingerprint density at radius 3 is 2.25 bits per heavy atom. The smallest absolute Gasteiger partial charge is 0.172 e. The molecule has 1 fully saturated rings. The van der Waals surface area contributed by atoms with Crippen molar-refractivity contribution in [1.82, 2.24) is 0 Å². The minimum absolute atomic E-state index is 0.0298. The Morgan fingerprint density at radius 2 is 1.75 bits per heavy atom. The van der Waals surface area contributed by atoms with Crippen LogP contribution >= 0.6 is 0 Å². The lowest BCUT2D eigenvalue weighted by molar-refractivity contribution is -0.238. The van der Waals surface area contributed by atoms with E-state index >= 15 is 0 Å². The van der Waals surface area contributed by atoms with Crippen LogP contribution in [0.3, 0.4) is 0 Å². The summed E-state index contributed by atoms with van der Waals surface area (Å²) in [7, 11) is 0. The van der Waals surface area contributed by atoms with Gasteiger partial charge in [-0.05, 0) is 0 Å². The number of hydrogen-bond acceptors (Lipinski definition) is 6. The third-order valence-electron chi connectivity index (χ3n) is 2.00. The van der Waals surface area contributed by atoms with E-state index in [-0.39, 0.29) is 6.54 Å². The number of aliphatic hydroxyl groups is 3. The predicted molar refractivity (Wildman–Crippen MR) is 39.9 cm³/mol. The molecule has 7 N–H and O–H groups in total. The number of ether oxygens (including phenoxy) is 1. The molecule has 0 aromatic carbocycles. The van der Waals surface area contributed by atoms with Gasteiger partial charge in [0, 0.05) is 6.54 Å². The summed E-state index contributed by atoms with van der Waals surface area (Å²) in [5, 5.41) is 27.6. The maximum Gasteiger partial charge on any atom is 0.172 e. The Bertz CT molecular complexity index is 152. The molecule has 0 aromatic heterocycles. The normalized spacial score (nSPS) is 49.2. The van der Waals surface area contributed by atoms with Crippen molar-refractivity contribution in [2.75, 3.05) is 6.54 Å². The van der Waals surface area contributed by atoms with Gasteiger partial charge in [-0.1, -0.05) is 0 Å². The van der Waals surface area contributed by atoms with E-state index in [0.717, 1.165) is 0 Å². The second-order valence-corrected chi connectivity index (χ2v) is 2.86. The summed E-state index contributed by atoms with van der Waals surface area (Å²) in [6, 6.07) is -0.984. The van der Waals surface area contributed by atoms with Crippen molar-refractivity contribution in [3.63, 3.8) is 0 Å². The molecule has 0 radical (unpaired) electrons. The third kappa shape index (κ3) is 1.58. The van der Waals surface area contributed by atoms with Crippen LogP contribution in [-0.4, -0.2) is 52.5 Å². The molecule has 1 aliphatic rings. The number of aliphatic hydroxyl groups excluding tert-OH is 3.